The molecule has 3 heterocycles. The van der Waals surface area contributed by atoms with E-state index in [4.69, 9.17) is 4.42 Å². The van der Waals surface area contributed by atoms with Crippen LogP contribution in [0.25, 0.3) is 0 Å². The van der Waals surface area contributed by atoms with Crippen LogP contribution in [0.3, 0.4) is 0 Å². The molecule has 0 aromatic carbocycles. The highest BCUT2D eigenvalue weighted by atomic mass is 16.4. The SMILES string of the molecule is CN(C)C(=O)c1ccc(CN2CCCCC2CCn2cccn2)o1. The van der Waals surface area contributed by atoms with Crippen LogP contribution in [-0.2, 0) is 13.1 Å². The lowest BCUT2D eigenvalue weighted by Crippen LogP contribution is -2.39. The Balaban J connectivity index is 1.60. The fraction of sp³-hybridized carbons (Fsp3) is 0.556. The maximum atomic E-state index is 12.0. The molecule has 2 aromatic rings. The minimum atomic E-state index is -0.0878. The van der Waals surface area contributed by atoms with Gasteiger partial charge < -0.3 is 9.32 Å². The molecule has 24 heavy (non-hydrogen) atoms. The molecular formula is C18H26N4O2. The number of piperidine rings is 1. The van der Waals surface area contributed by atoms with Crippen molar-refractivity contribution >= 4 is 5.91 Å². The van der Waals surface area contributed by atoms with Crippen LogP contribution in [0.4, 0.5) is 0 Å². The number of furan rings is 1. The second-order valence-corrected chi connectivity index (χ2v) is 6.64. The van der Waals surface area contributed by atoms with Crippen molar-refractivity contribution in [1.82, 2.24) is 19.6 Å². The van der Waals surface area contributed by atoms with E-state index in [0.717, 1.165) is 31.8 Å². The molecule has 1 atom stereocenters. The first-order chi connectivity index (χ1) is 11.6. The van der Waals surface area contributed by atoms with Gasteiger partial charge in [0.05, 0.1) is 6.54 Å². The van der Waals surface area contributed by atoms with E-state index < -0.39 is 0 Å². The number of hydrogen-bond donors (Lipinski definition) is 0. The standard InChI is InChI=1S/C18H26N4O2/c1-20(2)18(23)17-8-7-16(24-17)14-21-11-4-3-6-15(21)9-13-22-12-5-10-19-22/h5,7-8,10,12,15H,3-4,6,9,11,13-14H2,1-2H3. The number of hydrogen-bond acceptors (Lipinski definition) is 4. The van der Waals surface area contributed by atoms with Gasteiger partial charge in [-0.2, -0.15) is 5.10 Å². The molecule has 1 saturated heterocycles. The number of likely N-dealkylation sites (tertiary alicyclic amines) is 1. The minimum absolute atomic E-state index is 0.0878. The molecule has 130 valence electrons. The average Bonchev–Trinajstić information content (AvgIpc) is 3.25. The third kappa shape index (κ3) is 4.06. The molecule has 2 aromatic heterocycles. The predicted molar refractivity (Wildman–Crippen MR) is 91.6 cm³/mol. The summed E-state index contributed by atoms with van der Waals surface area (Å²) in [5.74, 6) is 1.20. The number of rotatable bonds is 6. The summed E-state index contributed by atoms with van der Waals surface area (Å²) in [5.41, 5.74) is 0. The Morgan fingerprint density at radius 1 is 1.38 bits per heavy atom. The van der Waals surface area contributed by atoms with Gasteiger partial charge in [-0.3, -0.25) is 14.4 Å². The quantitative estimate of drug-likeness (QED) is 0.817. The highest BCUT2D eigenvalue weighted by Crippen LogP contribution is 2.23. The van der Waals surface area contributed by atoms with Gasteiger partial charge >= 0.3 is 0 Å². The Labute approximate surface area is 143 Å². The van der Waals surface area contributed by atoms with E-state index in [9.17, 15) is 4.79 Å². The molecule has 0 radical (unpaired) electrons. The van der Waals surface area contributed by atoms with Crippen molar-refractivity contribution in [2.45, 2.75) is 44.8 Å². The monoisotopic (exact) mass is 330 g/mol. The zero-order chi connectivity index (χ0) is 16.9. The van der Waals surface area contributed by atoms with E-state index in [0.29, 0.717) is 11.8 Å². The highest BCUT2D eigenvalue weighted by Gasteiger charge is 2.24. The summed E-state index contributed by atoms with van der Waals surface area (Å²) in [6, 6.07) is 6.21. The first kappa shape index (κ1) is 16.8. The molecule has 0 bridgehead atoms. The van der Waals surface area contributed by atoms with E-state index in [1.165, 1.54) is 24.2 Å². The largest absolute Gasteiger partial charge is 0.455 e. The molecular weight excluding hydrogens is 304 g/mol. The lowest BCUT2D eigenvalue weighted by Gasteiger charge is -2.35. The highest BCUT2D eigenvalue weighted by molar-refractivity contribution is 5.91. The van der Waals surface area contributed by atoms with Crippen LogP contribution in [0.1, 0.15) is 42.0 Å². The number of aromatic nitrogens is 2. The topological polar surface area (TPSA) is 54.5 Å². The van der Waals surface area contributed by atoms with Crippen LogP contribution < -0.4 is 0 Å². The van der Waals surface area contributed by atoms with Crippen molar-refractivity contribution in [1.29, 1.82) is 0 Å². The van der Waals surface area contributed by atoms with Crippen LogP contribution in [-0.4, -0.2) is 52.2 Å². The molecule has 0 saturated carbocycles. The van der Waals surface area contributed by atoms with Crippen molar-refractivity contribution < 1.29 is 9.21 Å². The maximum absolute atomic E-state index is 12.0. The molecule has 0 aliphatic carbocycles. The molecule has 1 unspecified atom stereocenters. The van der Waals surface area contributed by atoms with Crippen LogP contribution in [0.5, 0.6) is 0 Å². The third-order valence-corrected chi connectivity index (χ3v) is 4.64. The van der Waals surface area contributed by atoms with Gasteiger partial charge in [0.1, 0.15) is 5.76 Å². The fourth-order valence-electron chi connectivity index (χ4n) is 3.31. The van der Waals surface area contributed by atoms with Crippen molar-refractivity contribution in [2.75, 3.05) is 20.6 Å². The summed E-state index contributed by atoms with van der Waals surface area (Å²) in [6.45, 7) is 2.79. The summed E-state index contributed by atoms with van der Waals surface area (Å²) < 4.78 is 7.75. The molecule has 6 heteroatoms. The molecule has 0 spiro atoms. The molecule has 6 nitrogen and oxygen atoms in total. The van der Waals surface area contributed by atoms with Crippen molar-refractivity contribution in [3.8, 4) is 0 Å². The number of aryl methyl sites for hydroxylation is 1. The van der Waals surface area contributed by atoms with E-state index in [1.54, 1.807) is 20.2 Å². The summed E-state index contributed by atoms with van der Waals surface area (Å²) >= 11 is 0. The zero-order valence-electron chi connectivity index (χ0n) is 14.5. The Hall–Kier alpha value is -2.08. The molecule has 0 N–H and O–H groups in total. The van der Waals surface area contributed by atoms with Crippen molar-refractivity contribution in [3.63, 3.8) is 0 Å². The van der Waals surface area contributed by atoms with E-state index in [-0.39, 0.29) is 5.91 Å². The van der Waals surface area contributed by atoms with E-state index in [2.05, 4.69) is 10.00 Å². The molecule has 1 aliphatic heterocycles. The van der Waals surface area contributed by atoms with Gasteiger partial charge in [-0.15, -0.1) is 0 Å². The second kappa shape index (κ2) is 7.66. The lowest BCUT2D eigenvalue weighted by atomic mass is 9.99. The summed E-state index contributed by atoms with van der Waals surface area (Å²) in [6.07, 6.45) is 8.65. The van der Waals surface area contributed by atoms with Gasteiger partial charge in [-0.25, -0.2) is 0 Å². The van der Waals surface area contributed by atoms with Gasteiger partial charge in [0.15, 0.2) is 5.76 Å². The Bertz CT molecular complexity index is 648. The van der Waals surface area contributed by atoms with Crippen molar-refractivity contribution in [3.05, 3.63) is 42.1 Å². The molecule has 1 amide bonds. The summed E-state index contributed by atoms with van der Waals surface area (Å²) in [7, 11) is 3.47. The number of nitrogens with zero attached hydrogens (tertiary/aromatic N) is 4. The van der Waals surface area contributed by atoms with Crippen LogP contribution in [0.15, 0.2) is 35.0 Å². The normalized spacial score (nSPS) is 18.7. The predicted octanol–water partition coefficient (Wildman–Crippen LogP) is 2.62. The Morgan fingerprint density at radius 3 is 3.00 bits per heavy atom. The first-order valence-electron chi connectivity index (χ1n) is 8.65. The van der Waals surface area contributed by atoms with Gasteiger partial charge in [-0.05, 0) is 44.0 Å². The van der Waals surface area contributed by atoms with Gasteiger partial charge in [0.2, 0.25) is 0 Å². The average molecular weight is 330 g/mol. The number of carbonyl (C=O) groups excluding carboxylic acids is 1. The minimum Gasteiger partial charge on any atom is -0.455 e. The molecule has 3 rings (SSSR count). The molecule has 1 fully saturated rings. The van der Waals surface area contributed by atoms with Crippen LogP contribution >= 0.6 is 0 Å². The van der Waals surface area contributed by atoms with Gasteiger partial charge in [0.25, 0.3) is 5.91 Å². The maximum Gasteiger partial charge on any atom is 0.289 e. The second-order valence-electron chi connectivity index (χ2n) is 6.64. The number of carbonyl (C=O) groups is 1. The zero-order valence-corrected chi connectivity index (χ0v) is 14.5. The van der Waals surface area contributed by atoms with Gasteiger partial charge in [-0.1, -0.05) is 6.42 Å². The van der Waals surface area contributed by atoms with E-state index >= 15 is 0 Å². The van der Waals surface area contributed by atoms with Crippen molar-refractivity contribution in [2.24, 2.45) is 0 Å². The molecule has 1 aliphatic rings. The van der Waals surface area contributed by atoms with Crippen LogP contribution in [0, 0.1) is 0 Å². The smallest absolute Gasteiger partial charge is 0.289 e. The Morgan fingerprint density at radius 2 is 2.25 bits per heavy atom. The summed E-state index contributed by atoms with van der Waals surface area (Å²) in [5, 5.41) is 4.29. The summed E-state index contributed by atoms with van der Waals surface area (Å²) in [4.78, 5) is 16.0. The lowest BCUT2D eigenvalue weighted by molar-refractivity contribution is 0.0786. The van der Waals surface area contributed by atoms with Crippen LogP contribution in [0.2, 0.25) is 0 Å². The fourth-order valence-corrected chi connectivity index (χ4v) is 3.31. The first-order valence-corrected chi connectivity index (χ1v) is 8.65. The van der Waals surface area contributed by atoms with Gasteiger partial charge in [0, 0.05) is 39.1 Å². The number of amides is 1. The Kier molecular flexibility index (Phi) is 5.35. The van der Waals surface area contributed by atoms with E-state index in [1.807, 2.05) is 29.2 Å². The third-order valence-electron chi connectivity index (χ3n) is 4.64.